The first-order valence-corrected chi connectivity index (χ1v) is 3.97. The molecular formula is C8H8BF3NO-. The number of anilines is 1. The molecule has 0 aliphatic carbocycles. The van der Waals surface area contributed by atoms with Gasteiger partial charge in [0, 0.05) is 12.6 Å². The molecule has 0 aliphatic rings. The highest BCUT2D eigenvalue weighted by atomic mass is 19.4. The van der Waals surface area contributed by atoms with Crippen LogP contribution in [0.4, 0.5) is 18.6 Å². The summed E-state index contributed by atoms with van der Waals surface area (Å²) in [6, 6.07) is 4.56. The molecule has 0 saturated carbocycles. The molecule has 0 fully saturated rings. The summed E-state index contributed by atoms with van der Waals surface area (Å²) in [5.74, 6) is -0.392. The highest BCUT2D eigenvalue weighted by Crippen LogP contribution is 2.12. The summed E-state index contributed by atoms with van der Waals surface area (Å²) < 4.78 is 36.8. The lowest BCUT2D eigenvalue weighted by Crippen LogP contribution is -2.34. The Labute approximate surface area is 79.2 Å². The van der Waals surface area contributed by atoms with Crippen LogP contribution >= 0.6 is 0 Å². The van der Waals surface area contributed by atoms with Crippen molar-refractivity contribution in [2.75, 3.05) is 5.32 Å². The van der Waals surface area contributed by atoms with Gasteiger partial charge in [0.1, 0.15) is 0 Å². The van der Waals surface area contributed by atoms with Gasteiger partial charge >= 0.3 is 6.98 Å². The quantitative estimate of drug-likeness (QED) is 0.726. The summed E-state index contributed by atoms with van der Waals surface area (Å²) in [4.78, 5) is 10.6. The number of carbonyl (C=O) groups is 1. The number of halogens is 3. The molecule has 0 atom stereocenters. The van der Waals surface area contributed by atoms with Crippen molar-refractivity contribution in [3.63, 3.8) is 0 Å². The molecule has 0 bridgehead atoms. The van der Waals surface area contributed by atoms with E-state index in [9.17, 15) is 17.7 Å². The van der Waals surface area contributed by atoms with Crippen LogP contribution in [0.2, 0.25) is 0 Å². The number of carbonyl (C=O) groups excluding carboxylic acids is 1. The molecular weight excluding hydrogens is 194 g/mol. The minimum Gasteiger partial charge on any atom is -0.445 e. The topological polar surface area (TPSA) is 29.1 Å². The van der Waals surface area contributed by atoms with Crippen LogP contribution in [0.25, 0.3) is 0 Å². The molecule has 14 heavy (non-hydrogen) atoms. The van der Waals surface area contributed by atoms with Crippen molar-refractivity contribution in [1.29, 1.82) is 0 Å². The van der Waals surface area contributed by atoms with E-state index >= 15 is 0 Å². The molecule has 1 amide bonds. The van der Waals surface area contributed by atoms with Gasteiger partial charge in [0.2, 0.25) is 5.91 Å². The van der Waals surface area contributed by atoms with Crippen LogP contribution in [0.1, 0.15) is 6.92 Å². The largest absolute Gasteiger partial charge is 0.509 e. The standard InChI is InChI=1S/C8H8BF3NO/c1-6(14)13-8-4-2-3-7(5-8)9(10,11)12/h2-5H,1H3,(H,13,14)/q-1. The van der Waals surface area contributed by atoms with E-state index in [0.717, 1.165) is 12.1 Å². The minimum absolute atomic E-state index is 0.161. The molecule has 0 radical (unpaired) electrons. The third kappa shape index (κ3) is 2.79. The third-order valence-electron chi connectivity index (χ3n) is 1.58. The summed E-state index contributed by atoms with van der Waals surface area (Å²) in [5, 5.41) is 2.29. The number of amides is 1. The first kappa shape index (κ1) is 10.6. The Kier molecular flexibility index (Phi) is 2.83. The second-order valence-electron chi connectivity index (χ2n) is 2.88. The Morgan fingerprint density at radius 1 is 1.36 bits per heavy atom. The Morgan fingerprint density at radius 3 is 2.50 bits per heavy atom. The van der Waals surface area contributed by atoms with Crippen molar-refractivity contribution in [2.24, 2.45) is 0 Å². The molecule has 0 aromatic heterocycles. The molecule has 0 heterocycles. The third-order valence-corrected chi connectivity index (χ3v) is 1.58. The molecule has 0 spiro atoms. The van der Waals surface area contributed by atoms with Gasteiger partial charge in [-0.1, -0.05) is 18.2 Å². The average molecular weight is 202 g/mol. The van der Waals surface area contributed by atoms with Gasteiger partial charge in [-0.05, 0) is 6.07 Å². The van der Waals surface area contributed by atoms with E-state index < -0.39 is 18.3 Å². The van der Waals surface area contributed by atoms with E-state index in [2.05, 4.69) is 5.32 Å². The van der Waals surface area contributed by atoms with Crippen molar-refractivity contribution < 1.29 is 17.7 Å². The molecule has 0 aliphatic heterocycles. The second-order valence-corrected chi connectivity index (χ2v) is 2.88. The van der Waals surface area contributed by atoms with Crippen molar-refractivity contribution in [3.05, 3.63) is 24.3 Å². The van der Waals surface area contributed by atoms with Gasteiger partial charge in [-0.2, -0.15) is 0 Å². The van der Waals surface area contributed by atoms with E-state index in [-0.39, 0.29) is 5.69 Å². The van der Waals surface area contributed by atoms with E-state index in [1.165, 1.54) is 19.1 Å². The number of rotatable bonds is 2. The van der Waals surface area contributed by atoms with Gasteiger partial charge in [-0.3, -0.25) is 4.79 Å². The monoisotopic (exact) mass is 202 g/mol. The molecule has 1 aromatic rings. The zero-order chi connectivity index (χ0) is 10.8. The van der Waals surface area contributed by atoms with Crippen molar-refractivity contribution in [2.45, 2.75) is 6.92 Å². The Morgan fingerprint density at radius 2 is 2.00 bits per heavy atom. The number of nitrogens with one attached hydrogen (secondary N) is 1. The van der Waals surface area contributed by atoms with Crippen LogP contribution in [0.5, 0.6) is 0 Å². The van der Waals surface area contributed by atoms with Gasteiger partial charge in [0.15, 0.2) is 0 Å². The minimum atomic E-state index is -5.00. The Bertz CT molecular complexity index is 351. The smallest absolute Gasteiger partial charge is 0.445 e. The summed E-state index contributed by atoms with van der Waals surface area (Å²) in [6.45, 7) is -3.76. The molecule has 76 valence electrons. The molecule has 0 saturated heterocycles. The van der Waals surface area contributed by atoms with Crippen LogP contribution in [-0.2, 0) is 4.79 Å². The zero-order valence-corrected chi connectivity index (χ0v) is 7.43. The number of hydrogen-bond acceptors (Lipinski definition) is 1. The highest BCUT2D eigenvalue weighted by molar-refractivity contribution is 6.73. The van der Waals surface area contributed by atoms with Gasteiger partial charge in [-0.15, -0.1) is 5.46 Å². The van der Waals surface area contributed by atoms with E-state index in [1.54, 1.807) is 0 Å². The predicted molar refractivity (Wildman–Crippen MR) is 49.5 cm³/mol. The molecule has 1 aromatic carbocycles. The highest BCUT2D eigenvalue weighted by Gasteiger charge is 2.25. The lowest BCUT2D eigenvalue weighted by Gasteiger charge is -2.15. The average Bonchev–Trinajstić information content (AvgIpc) is 2.01. The summed E-state index contributed by atoms with van der Waals surface area (Å²) in [7, 11) is 0. The van der Waals surface area contributed by atoms with Gasteiger partial charge < -0.3 is 18.3 Å². The van der Waals surface area contributed by atoms with E-state index in [1.807, 2.05) is 0 Å². The van der Waals surface area contributed by atoms with E-state index in [4.69, 9.17) is 0 Å². The first-order valence-electron chi connectivity index (χ1n) is 3.97. The van der Waals surface area contributed by atoms with Crippen LogP contribution in [0, 0.1) is 0 Å². The van der Waals surface area contributed by atoms with Crippen LogP contribution in [0.15, 0.2) is 24.3 Å². The maximum absolute atomic E-state index is 12.3. The fraction of sp³-hybridized carbons (Fsp3) is 0.125. The molecule has 2 nitrogen and oxygen atoms in total. The van der Waals surface area contributed by atoms with Gasteiger partial charge in [0.05, 0.1) is 0 Å². The normalized spacial score (nSPS) is 11.1. The lowest BCUT2D eigenvalue weighted by molar-refractivity contribution is -0.114. The molecule has 1 N–H and O–H groups in total. The summed E-state index contributed by atoms with van der Waals surface area (Å²) in [6.07, 6.45) is 0. The molecule has 1 rings (SSSR count). The van der Waals surface area contributed by atoms with E-state index in [0.29, 0.717) is 0 Å². The van der Waals surface area contributed by atoms with Crippen molar-refractivity contribution >= 4 is 24.0 Å². The van der Waals surface area contributed by atoms with Crippen LogP contribution < -0.4 is 10.8 Å². The van der Waals surface area contributed by atoms with Crippen LogP contribution in [0.3, 0.4) is 0 Å². The van der Waals surface area contributed by atoms with Gasteiger partial charge in [0.25, 0.3) is 0 Å². The fourth-order valence-electron chi connectivity index (χ4n) is 1.02. The summed E-state index contributed by atoms with van der Waals surface area (Å²) in [5.41, 5.74) is -0.551. The maximum atomic E-state index is 12.3. The van der Waals surface area contributed by atoms with Crippen molar-refractivity contribution in [3.8, 4) is 0 Å². The van der Waals surface area contributed by atoms with Gasteiger partial charge in [-0.25, -0.2) is 0 Å². The second kappa shape index (κ2) is 3.73. The zero-order valence-electron chi connectivity index (χ0n) is 7.43. The molecule has 0 unspecified atom stereocenters. The maximum Gasteiger partial charge on any atom is 0.509 e. The number of benzene rings is 1. The Hall–Kier alpha value is -1.46. The predicted octanol–water partition coefficient (Wildman–Crippen LogP) is 1.70. The SMILES string of the molecule is CC(=O)Nc1cccc([B-](F)(F)F)c1. The number of hydrogen-bond donors (Lipinski definition) is 1. The first-order chi connectivity index (χ1) is 6.39. The Balaban J connectivity index is 2.95. The summed E-state index contributed by atoms with van der Waals surface area (Å²) >= 11 is 0. The van der Waals surface area contributed by atoms with Crippen molar-refractivity contribution in [1.82, 2.24) is 0 Å². The fourth-order valence-corrected chi connectivity index (χ4v) is 1.02. The van der Waals surface area contributed by atoms with Crippen LogP contribution in [-0.4, -0.2) is 12.9 Å². The molecule has 6 heteroatoms. The lowest BCUT2D eigenvalue weighted by atomic mass is 9.80.